The third-order valence-corrected chi connectivity index (χ3v) is 5.77. The maximum absolute atomic E-state index is 9.92. The zero-order valence-corrected chi connectivity index (χ0v) is 19.1. The summed E-state index contributed by atoms with van der Waals surface area (Å²) in [6.45, 7) is 9.86. The fraction of sp³-hybridized carbons (Fsp3) is 0.214. The van der Waals surface area contributed by atoms with Gasteiger partial charge in [0.05, 0.1) is 11.1 Å². The van der Waals surface area contributed by atoms with Gasteiger partial charge in [0.2, 0.25) is 0 Å². The summed E-state index contributed by atoms with van der Waals surface area (Å²) >= 11 is 0. The van der Waals surface area contributed by atoms with Crippen LogP contribution in [0.5, 0.6) is 0 Å². The van der Waals surface area contributed by atoms with Gasteiger partial charge in [-0.05, 0) is 61.1 Å². The molecule has 0 atom stereocenters. The molecule has 158 valence electrons. The molecule has 2 aromatic heterocycles. The van der Waals surface area contributed by atoms with Crippen LogP contribution in [0.2, 0.25) is 0 Å². The first kappa shape index (κ1) is 22.7. The number of nitrogens with zero attached hydrogens (tertiary/aromatic N) is 4. The van der Waals surface area contributed by atoms with Crippen molar-refractivity contribution in [3.8, 4) is 12.1 Å². The van der Waals surface area contributed by atoms with Crippen molar-refractivity contribution in [3.05, 3.63) is 93.6 Å². The number of aromatic nitrogens is 2. The van der Waals surface area contributed by atoms with Crippen LogP contribution in [0.1, 0.15) is 58.4 Å². The second-order valence-corrected chi connectivity index (χ2v) is 7.64. The van der Waals surface area contributed by atoms with Crippen molar-refractivity contribution in [1.82, 2.24) is 0 Å². The van der Waals surface area contributed by atoms with E-state index in [-0.39, 0.29) is 0 Å². The Morgan fingerprint density at radius 2 is 1.00 bits per heavy atom. The maximum Gasteiger partial charge on any atom is 0.169 e. The van der Waals surface area contributed by atoms with E-state index >= 15 is 0 Å². The molecule has 0 unspecified atom stereocenters. The summed E-state index contributed by atoms with van der Waals surface area (Å²) < 4.78 is 4.19. The summed E-state index contributed by atoms with van der Waals surface area (Å²) in [5, 5.41) is 19.8. The Hall–Kier alpha value is -4.02. The van der Waals surface area contributed by atoms with Crippen molar-refractivity contribution in [2.45, 2.75) is 40.8 Å². The van der Waals surface area contributed by atoms with Gasteiger partial charge in [0.25, 0.3) is 0 Å². The average molecular weight is 421 g/mol. The molecule has 0 bridgehead atoms. The molecule has 0 fully saturated rings. The number of pyridine rings is 2. The molecule has 0 N–H and O–H groups in total. The minimum absolute atomic E-state index is 0.605. The van der Waals surface area contributed by atoms with Crippen LogP contribution in [0.4, 0.5) is 0 Å². The number of benzene rings is 1. The van der Waals surface area contributed by atoms with Crippen molar-refractivity contribution < 1.29 is 9.13 Å². The SMILES string of the molecule is CC[n+]1ccc(/C=C/c2c(C)c(C#N)c(/C=C/c3cc[n+](CC)cc3)c(C)c2C#N)cc1. The first-order valence-corrected chi connectivity index (χ1v) is 10.8. The Morgan fingerprint density at radius 3 is 1.28 bits per heavy atom. The lowest BCUT2D eigenvalue weighted by atomic mass is 9.87. The van der Waals surface area contributed by atoms with Gasteiger partial charge < -0.3 is 0 Å². The topological polar surface area (TPSA) is 55.3 Å². The number of hydrogen-bond donors (Lipinski definition) is 0. The Kier molecular flexibility index (Phi) is 7.32. The predicted molar refractivity (Wildman–Crippen MR) is 128 cm³/mol. The molecule has 0 spiro atoms. The molecule has 0 saturated heterocycles. The molecule has 2 heterocycles. The van der Waals surface area contributed by atoms with Gasteiger partial charge in [0, 0.05) is 24.3 Å². The highest BCUT2D eigenvalue weighted by Crippen LogP contribution is 2.30. The van der Waals surface area contributed by atoms with Crippen LogP contribution in [-0.2, 0) is 13.1 Å². The summed E-state index contributed by atoms with van der Waals surface area (Å²) in [6.07, 6.45) is 16.0. The lowest BCUT2D eigenvalue weighted by molar-refractivity contribution is -0.693. The molecule has 0 aliphatic heterocycles. The van der Waals surface area contributed by atoms with E-state index in [9.17, 15) is 10.5 Å². The molecular weight excluding hydrogens is 392 g/mol. The Bertz CT molecular complexity index is 1150. The van der Waals surface area contributed by atoms with E-state index in [4.69, 9.17) is 0 Å². The Labute approximate surface area is 190 Å². The molecule has 3 aromatic rings. The summed E-state index contributed by atoms with van der Waals surface area (Å²) in [6, 6.07) is 12.9. The van der Waals surface area contributed by atoms with Crippen molar-refractivity contribution in [2.75, 3.05) is 0 Å². The minimum Gasteiger partial charge on any atom is -0.205 e. The van der Waals surface area contributed by atoms with Gasteiger partial charge in [0.15, 0.2) is 24.8 Å². The van der Waals surface area contributed by atoms with Crippen LogP contribution >= 0.6 is 0 Å². The summed E-state index contributed by atoms with van der Waals surface area (Å²) in [5.41, 5.74) is 6.55. The molecule has 4 heteroatoms. The number of hydrogen-bond acceptors (Lipinski definition) is 2. The number of rotatable bonds is 6. The summed E-state index contributed by atoms with van der Waals surface area (Å²) in [5.74, 6) is 0. The van der Waals surface area contributed by atoms with Gasteiger partial charge in [-0.25, -0.2) is 9.13 Å². The van der Waals surface area contributed by atoms with Gasteiger partial charge in [0.1, 0.15) is 25.2 Å². The molecular formula is C28H28N4+2. The van der Waals surface area contributed by atoms with Crippen LogP contribution in [0.3, 0.4) is 0 Å². The molecule has 0 radical (unpaired) electrons. The summed E-state index contributed by atoms with van der Waals surface area (Å²) in [4.78, 5) is 0. The molecule has 4 nitrogen and oxygen atoms in total. The first-order chi connectivity index (χ1) is 15.5. The third kappa shape index (κ3) is 4.82. The highest BCUT2D eigenvalue weighted by atomic mass is 14.9. The minimum atomic E-state index is 0.605. The van der Waals surface area contributed by atoms with Crippen molar-refractivity contribution in [3.63, 3.8) is 0 Å². The van der Waals surface area contributed by atoms with E-state index in [0.29, 0.717) is 11.1 Å². The fourth-order valence-corrected chi connectivity index (χ4v) is 3.69. The van der Waals surface area contributed by atoms with E-state index in [1.807, 2.05) is 87.2 Å². The van der Waals surface area contributed by atoms with Crippen molar-refractivity contribution in [2.24, 2.45) is 0 Å². The molecule has 1 aromatic carbocycles. The molecule has 0 saturated carbocycles. The van der Waals surface area contributed by atoms with Crippen LogP contribution in [-0.4, -0.2) is 0 Å². The van der Waals surface area contributed by atoms with Crippen LogP contribution in [0, 0.1) is 36.5 Å². The number of nitriles is 2. The lowest BCUT2D eigenvalue weighted by Gasteiger charge is -2.14. The monoisotopic (exact) mass is 420 g/mol. The van der Waals surface area contributed by atoms with E-state index in [0.717, 1.165) is 46.5 Å². The molecule has 0 amide bonds. The van der Waals surface area contributed by atoms with Crippen LogP contribution < -0.4 is 9.13 Å². The summed E-state index contributed by atoms with van der Waals surface area (Å²) in [7, 11) is 0. The Morgan fingerprint density at radius 1 is 0.656 bits per heavy atom. The highest BCUT2D eigenvalue weighted by Gasteiger charge is 2.17. The zero-order valence-electron chi connectivity index (χ0n) is 19.1. The number of aryl methyl sites for hydroxylation is 2. The largest absolute Gasteiger partial charge is 0.205 e. The fourth-order valence-electron chi connectivity index (χ4n) is 3.69. The van der Waals surface area contributed by atoms with E-state index in [1.54, 1.807) is 0 Å². The predicted octanol–water partition coefficient (Wildman–Crippen LogP) is 5.00. The van der Waals surface area contributed by atoms with Gasteiger partial charge in [-0.15, -0.1) is 0 Å². The van der Waals surface area contributed by atoms with Gasteiger partial charge in [-0.1, -0.05) is 24.3 Å². The second-order valence-electron chi connectivity index (χ2n) is 7.64. The van der Waals surface area contributed by atoms with Crippen molar-refractivity contribution >= 4 is 24.3 Å². The van der Waals surface area contributed by atoms with Gasteiger partial charge in [-0.2, -0.15) is 10.5 Å². The van der Waals surface area contributed by atoms with E-state index in [1.165, 1.54) is 0 Å². The Balaban J connectivity index is 2.04. The van der Waals surface area contributed by atoms with Crippen LogP contribution in [0.25, 0.3) is 24.3 Å². The molecule has 32 heavy (non-hydrogen) atoms. The third-order valence-electron chi connectivity index (χ3n) is 5.77. The maximum atomic E-state index is 9.92. The van der Waals surface area contributed by atoms with E-state index in [2.05, 4.69) is 35.1 Å². The quantitative estimate of drug-likeness (QED) is 0.527. The zero-order chi connectivity index (χ0) is 23.1. The average Bonchev–Trinajstić information content (AvgIpc) is 2.83. The molecule has 0 aliphatic rings. The molecule has 3 rings (SSSR count). The highest BCUT2D eigenvalue weighted by molar-refractivity contribution is 5.82. The lowest BCUT2D eigenvalue weighted by Crippen LogP contribution is -2.30. The van der Waals surface area contributed by atoms with Gasteiger partial charge in [-0.3, -0.25) is 0 Å². The van der Waals surface area contributed by atoms with Crippen LogP contribution in [0.15, 0.2) is 49.1 Å². The standard InChI is InChI=1S/C28H28N4/c1-5-31-15-11-23(12-16-31)7-9-25-21(3)28(20-30)26(22(4)27(25)19-29)10-8-24-13-17-32(6-2)18-14-24/h7-18H,5-6H2,1-4H3/q+2/b9-7+,10-8+. The first-order valence-electron chi connectivity index (χ1n) is 10.8. The molecule has 0 aliphatic carbocycles. The second kappa shape index (κ2) is 10.3. The van der Waals surface area contributed by atoms with Gasteiger partial charge >= 0.3 is 0 Å². The normalized spacial score (nSPS) is 11.1. The smallest absolute Gasteiger partial charge is 0.169 e. The van der Waals surface area contributed by atoms with E-state index < -0.39 is 0 Å². The van der Waals surface area contributed by atoms with Crippen molar-refractivity contribution in [1.29, 1.82) is 10.5 Å².